The van der Waals surface area contributed by atoms with Crippen LogP contribution < -0.4 is 31.7 Å². The number of nitrogens with two attached hydrogens (primary N) is 1. The third kappa shape index (κ3) is 11.6. The van der Waals surface area contributed by atoms with Crippen LogP contribution in [0.25, 0.3) is 10.8 Å². The van der Waals surface area contributed by atoms with Crippen molar-refractivity contribution in [2.45, 2.75) is 88.5 Å². The minimum Gasteiger partial charge on any atom is -0.497 e. The van der Waals surface area contributed by atoms with Crippen LogP contribution in [0.3, 0.4) is 0 Å². The second kappa shape index (κ2) is 18.1. The summed E-state index contributed by atoms with van der Waals surface area (Å²) in [5.41, 5.74) is 6.19. The van der Waals surface area contributed by atoms with Crippen molar-refractivity contribution in [1.82, 2.24) is 21.3 Å². The van der Waals surface area contributed by atoms with Gasteiger partial charge in [0.15, 0.2) is 0 Å². The van der Waals surface area contributed by atoms with Gasteiger partial charge in [0.05, 0.1) is 19.7 Å². The molecule has 5 amide bonds. The van der Waals surface area contributed by atoms with Gasteiger partial charge in [0.25, 0.3) is 0 Å². The van der Waals surface area contributed by atoms with Crippen LogP contribution >= 0.6 is 7.60 Å². The maximum absolute atomic E-state index is 14.0. The molecule has 0 bridgehead atoms. The Morgan fingerprint density at radius 1 is 0.904 bits per heavy atom. The minimum atomic E-state index is -4.27. The number of fused-ring (bicyclic) bond motifs is 1. The Morgan fingerprint density at radius 2 is 1.60 bits per heavy atom. The second-order valence-corrected chi connectivity index (χ2v) is 15.0. The number of primary amides is 1. The number of nitrogens with one attached hydrogen (secondary N) is 4. The first-order chi connectivity index (χ1) is 24.7. The van der Waals surface area contributed by atoms with Crippen LogP contribution in [0.15, 0.2) is 60.7 Å². The Kier molecular flexibility index (Phi) is 13.9. The van der Waals surface area contributed by atoms with Crippen LogP contribution in [-0.4, -0.2) is 70.6 Å². The molecule has 4 rings (SSSR count). The highest BCUT2D eigenvalue weighted by atomic mass is 31.2. The highest BCUT2D eigenvalue weighted by Gasteiger charge is 2.43. The van der Waals surface area contributed by atoms with Gasteiger partial charge in [0.1, 0.15) is 23.4 Å². The van der Waals surface area contributed by atoms with E-state index >= 15 is 0 Å². The highest BCUT2D eigenvalue weighted by molar-refractivity contribution is 7.50. The topological polar surface area (TPSA) is 226 Å². The van der Waals surface area contributed by atoms with Gasteiger partial charge in [-0.2, -0.15) is 0 Å². The Balaban J connectivity index is 1.42. The van der Waals surface area contributed by atoms with Gasteiger partial charge < -0.3 is 41.5 Å². The zero-order chi connectivity index (χ0) is 37.9. The molecule has 0 aromatic heterocycles. The molecular weight excluding hydrogens is 689 g/mol. The molecule has 1 saturated carbocycles. The van der Waals surface area contributed by atoms with E-state index in [0.717, 1.165) is 28.5 Å². The van der Waals surface area contributed by atoms with Crippen molar-refractivity contribution < 1.29 is 43.1 Å². The number of amides is 5. The van der Waals surface area contributed by atoms with Gasteiger partial charge in [-0.25, -0.2) is 0 Å². The van der Waals surface area contributed by atoms with E-state index in [1.165, 1.54) is 6.92 Å². The van der Waals surface area contributed by atoms with E-state index in [0.29, 0.717) is 36.8 Å². The van der Waals surface area contributed by atoms with Crippen LogP contribution in [0.4, 0.5) is 0 Å². The number of benzene rings is 3. The fraction of sp³-hybridized carbons (Fsp3) is 0.432. The number of aryl methyl sites for hydroxylation is 1. The molecule has 14 nitrogen and oxygen atoms in total. The zero-order valence-corrected chi connectivity index (χ0v) is 30.4. The molecule has 3 aromatic carbocycles. The summed E-state index contributed by atoms with van der Waals surface area (Å²) < 4.78 is 16.7. The summed E-state index contributed by atoms with van der Waals surface area (Å²) in [5.74, 6) is -2.33. The third-order valence-electron chi connectivity index (χ3n) is 9.18. The van der Waals surface area contributed by atoms with Gasteiger partial charge in [0, 0.05) is 19.9 Å². The first-order valence-electron chi connectivity index (χ1n) is 17.3. The van der Waals surface area contributed by atoms with E-state index in [1.807, 2.05) is 36.4 Å². The summed E-state index contributed by atoms with van der Waals surface area (Å²) in [6, 6.07) is 15.8. The number of hydrogen-bond donors (Lipinski definition) is 7. The molecule has 0 spiro atoms. The predicted octanol–water partition coefficient (Wildman–Crippen LogP) is 2.50. The van der Waals surface area contributed by atoms with Crippen molar-refractivity contribution >= 4 is 47.9 Å². The predicted molar refractivity (Wildman–Crippen MR) is 195 cm³/mol. The quantitative estimate of drug-likeness (QED) is 0.0797. The summed E-state index contributed by atoms with van der Waals surface area (Å²) >= 11 is 0. The second-order valence-electron chi connectivity index (χ2n) is 13.3. The molecule has 1 aliphatic carbocycles. The monoisotopic (exact) mass is 737 g/mol. The molecule has 0 saturated heterocycles. The highest BCUT2D eigenvalue weighted by Crippen LogP contribution is 2.39. The first kappa shape index (κ1) is 40.0. The average molecular weight is 738 g/mol. The molecule has 2 atom stereocenters. The summed E-state index contributed by atoms with van der Waals surface area (Å²) in [6.45, 7) is 1.54. The van der Waals surface area contributed by atoms with E-state index in [9.17, 15) is 38.3 Å². The van der Waals surface area contributed by atoms with Crippen molar-refractivity contribution in [3.8, 4) is 5.75 Å². The van der Waals surface area contributed by atoms with Crippen molar-refractivity contribution in [1.29, 1.82) is 0 Å². The smallest absolute Gasteiger partial charge is 0.329 e. The zero-order valence-electron chi connectivity index (χ0n) is 29.5. The van der Waals surface area contributed by atoms with E-state index in [1.54, 1.807) is 31.4 Å². The number of hydrogen-bond acceptors (Lipinski definition) is 7. The van der Waals surface area contributed by atoms with Crippen LogP contribution in [-0.2, 0) is 47.5 Å². The number of methoxy groups -OCH3 is 1. The molecule has 1 fully saturated rings. The molecule has 0 radical (unpaired) electrons. The summed E-state index contributed by atoms with van der Waals surface area (Å²) in [6.07, 6.45) is 3.03. The molecule has 0 unspecified atom stereocenters. The summed E-state index contributed by atoms with van der Waals surface area (Å²) in [7, 11) is -2.66. The Morgan fingerprint density at radius 3 is 2.23 bits per heavy atom. The number of rotatable bonds is 17. The first-order valence-corrected chi connectivity index (χ1v) is 19.1. The van der Waals surface area contributed by atoms with Gasteiger partial charge in [-0.05, 0) is 65.3 Å². The molecule has 15 heteroatoms. The van der Waals surface area contributed by atoms with Crippen molar-refractivity contribution in [2.24, 2.45) is 5.73 Å². The van der Waals surface area contributed by atoms with E-state index in [2.05, 4.69) is 21.3 Å². The van der Waals surface area contributed by atoms with Crippen LogP contribution in [0, 0.1) is 0 Å². The summed E-state index contributed by atoms with van der Waals surface area (Å²) in [4.78, 5) is 83.7. The van der Waals surface area contributed by atoms with Gasteiger partial charge in [0.2, 0.25) is 29.5 Å². The molecule has 1 aliphatic rings. The van der Waals surface area contributed by atoms with E-state index in [4.69, 9.17) is 10.5 Å². The molecular formula is C37H48N5O9P. The van der Waals surface area contributed by atoms with Gasteiger partial charge in [-0.1, -0.05) is 67.8 Å². The lowest BCUT2D eigenvalue weighted by molar-refractivity contribution is -0.139. The largest absolute Gasteiger partial charge is 0.497 e. The number of carbonyl (C=O) groups is 5. The summed E-state index contributed by atoms with van der Waals surface area (Å²) in [5, 5.41) is 13.1. The molecule has 52 heavy (non-hydrogen) atoms. The molecule has 0 heterocycles. The standard InChI is InChI=1S/C37H48N5O9P/c1-24(43)40-31(20-25-11-13-26(14-12-25)23-52(48,49)50)35(46)42-37(17-4-3-5-18-37)36(47)41-32(22-33(38)44)34(45)39-19-7-10-27-8-6-9-28-21-29(51-2)15-16-30(27)28/h6,8-9,11-16,21,31-32H,3-5,7,10,17-20,22-23H2,1-2H3,(H2,38,44)(H,39,45)(H,40,43)(H,41,47)(H,42,46)(H2,48,49,50)/t31-,32-/m0/s1. The molecule has 280 valence electrons. The Hall–Kier alpha value is -4.78. The van der Waals surface area contributed by atoms with Crippen molar-refractivity contribution in [2.75, 3.05) is 13.7 Å². The SMILES string of the molecule is COc1ccc2c(CCCNC(=O)[C@H](CC(N)=O)NC(=O)C3(NC(=O)[C@H](Cc4ccc(CP(=O)(O)O)cc4)NC(C)=O)CCCCC3)cccc2c1. The lowest BCUT2D eigenvalue weighted by atomic mass is 9.80. The van der Waals surface area contributed by atoms with Gasteiger partial charge >= 0.3 is 7.60 Å². The Labute approximate surface area is 302 Å². The van der Waals surface area contributed by atoms with Crippen molar-refractivity contribution in [3.05, 3.63) is 77.4 Å². The van der Waals surface area contributed by atoms with Crippen LogP contribution in [0.1, 0.15) is 68.6 Å². The van der Waals surface area contributed by atoms with Gasteiger partial charge in [-0.3, -0.25) is 28.5 Å². The number of carbonyl (C=O) groups excluding carboxylic acids is 5. The molecule has 0 aliphatic heterocycles. The van der Waals surface area contributed by atoms with Gasteiger partial charge in [-0.15, -0.1) is 0 Å². The lowest BCUT2D eigenvalue weighted by Crippen LogP contribution is -2.65. The fourth-order valence-corrected chi connectivity index (χ4v) is 7.28. The van der Waals surface area contributed by atoms with Crippen LogP contribution in [0.5, 0.6) is 5.75 Å². The minimum absolute atomic E-state index is 0.0407. The number of ether oxygens (including phenoxy) is 1. The fourth-order valence-electron chi connectivity index (χ4n) is 6.59. The van der Waals surface area contributed by atoms with Crippen LogP contribution in [0.2, 0.25) is 0 Å². The van der Waals surface area contributed by atoms with E-state index in [-0.39, 0.29) is 25.8 Å². The molecule has 3 aromatic rings. The molecule has 8 N–H and O–H groups in total. The Bertz CT molecular complexity index is 1800. The maximum atomic E-state index is 14.0. The normalized spacial score (nSPS) is 15.2. The third-order valence-corrected chi connectivity index (χ3v) is 9.95. The van der Waals surface area contributed by atoms with Crippen molar-refractivity contribution in [3.63, 3.8) is 0 Å². The average Bonchev–Trinajstić information content (AvgIpc) is 3.09. The maximum Gasteiger partial charge on any atom is 0.329 e. The van der Waals surface area contributed by atoms with E-state index < -0.39 is 67.3 Å². The lowest BCUT2D eigenvalue weighted by Gasteiger charge is -2.38.